The van der Waals surface area contributed by atoms with Crippen molar-refractivity contribution in [3.63, 3.8) is 0 Å². The smallest absolute Gasteiger partial charge is 0.122 e. The second-order valence-corrected chi connectivity index (χ2v) is 5.60. The third kappa shape index (κ3) is 4.65. The predicted molar refractivity (Wildman–Crippen MR) is 74.8 cm³/mol. The molecule has 0 aliphatic rings. The lowest BCUT2D eigenvalue weighted by molar-refractivity contribution is 0.0758. The molecule has 0 spiro atoms. The van der Waals surface area contributed by atoms with Crippen LogP contribution in [0.3, 0.4) is 0 Å². The summed E-state index contributed by atoms with van der Waals surface area (Å²) >= 11 is 1.71. The third-order valence-corrected chi connectivity index (χ3v) is 3.77. The second kappa shape index (κ2) is 7.84. The lowest BCUT2D eigenvalue weighted by Crippen LogP contribution is -2.21. The predicted octanol–water partition coefficient (Wildman–Crippen LogP) is 2.89. The largest absolute Gasteiger partial charge is 0.378 e. The van der Waals surface area contributed by atoms with E-state index >= 15 is 0 Å². The number of nitrogens with one attached hydrogen (secondary N) is 1. The number of aromatic nitrogens is 1. The molecule has 1 aromatic rings. The number of hydrogen-bond donors (Lipinski definition) is 1. The first-order valence-electron chi connectivity index (χ1n) is 6.40. The molecule has 1 atom stereocenters. The molecule has 104 valence electrons. The Morgan fingerprint density at radius 3 is 2.61 bits per heavy atom. The third-order valence-electron chi connectivity index (χ3n) is 2.51. The fraction of sp³-hybridized carbons (Fsp3) is 0.769. The van der Waals surface area contributed by atoms with E-state index in [-0.39, 0.29) is 6.10 Å². The first-order chi connectivity index (χ1) is 8.58. The molecule has 1 N–H and O–H groups in total. The standard InChI is InChI=1S/C13H24N2O2S/c1-6-17-10(4)13-15-11(8-16-5)12(18-13)7-14-9(2)3/h9-10,14H,6-8H2,1-5H3. The highest BCUT2D eigenvalue weighted by molar-refractivity contribution is 7.11. The summed E-state index contributed by atoms with van der Waals surface area (Å²) < 4.78 is 10.8. The molecular weight excluding hydrogens is 248 g/mol. The van der Waals surface area contributed by atoms with Crippen molar-refractivity contribution in [2.45, 2.75) is 53.0 Å². The number of methoxy groups -OCH3 is 1. The van der Waals surface area contributed by atoms with E-state index < -0.39 is 0 Å². The molecule has 1 aromatic heterocycles. The SMILES string of the molecule is CCOC(C)c1nc(COC)c(CNC(C)C)s1. The molecule has 0 saturated carbocycles. The quantitative estimate of drug-likeness (QED) is 0.790. The maximum atomic E-state index is 5.59. The molecule has 0 amide bonds. The van der Waals surface area contributed by atoms with Crippen molar-refractivity contribution >= 4 is 11.3 Å². The molecule has 5 heteroatoms. The van der Waals surface area contributed by atoms with Crippen LogP contribution >= 0.6 is 11.3 Å². The van der Waals surface area contributed by atoms with Crippen LogP contribution in [0.2, 0.25) is 0 Å². The highest BCUT2D eigenvalue weighted by atomic mass is 32.1. The van der Waals surface area contributed by atoms with Crippen LogP contribution < -0.4 is 5.32 Å². The van der Waals surface area contributed by atoms with Gasteiger partial charge in [-0.25, -0.2) is 4.98 Å². The zero-order valence-corrected chi connectivity index (χ0v) is 12.8. The maximum Gasteiger partial charge on any atom is 0.122 e. The van der Waals surface area contributed by atoms with Gasteiger partial charge in [0.25, 0.3) is 0 Å². The molecule has 0 aromatic carbocycles. The molecular formula is C13H24N2O2S. The topological polar surface area (TPSA) is 43.4 Å². The van der Waals surface area contributed by atoms with Gasteiger partial charge in [0.15, 0.2) is 0 Å². The van der Waals surface area contributed by atoms with Gasteiger partial charge in [-0.2, -0.15) is 0 Å². The Morgan fingerprint density at radius 2 is 2.06 bits per heavy atom. The Balaban J connectivity index is 2.79. The van der Waals surface area contributed by atoms with E-state index in [1.54, 1.807) is 18.4 Å². The van der Waals surface area contributed by atoms with E-state index in [0.717, 1.165) is 17.2 Å². The van der Waals surface area contributed by atoms with Crippen molar-refractivity contribution in [1.82, 2.24) is 10.3 Å². The highest BCUT2D eigenvalue weighted by Crippen LogP contribution is 2.26. The molecule has 0 aliphatic carbocycles. The van der Waals surface area contributed by atoms with Crippen LogP contribution in [0.15, 0.2) is 0 Å². The number of nitrogens with zero attached hydrogens (tertiary/aromatic N) is 1. The number of rotatable bonds is 8. The Kier molecular flexibility index (Phi) is 6.78. The first kappa shape index (κ1) is 15.6. The summed E-state index contributed by atoms with van der Waals surface area (Å²) in [5.41, 5.74) is 1.03. The lowest BCUT2D eigenvalue weighted by Gasteiger charge is -2.07. The van der Waals surface area contributed by atoms with E-state index in [2.05, 4.69) is 24.1 Å². The molecule has 18 heavy (non-hydrogen) atoms. The number of thiazole rings is 1. The van der Waals surface area contributed by atoms with E-state index in [1.807, 2.05) is 13.8 Å². The normalized spacial score (nSPS) is 13.2. The molecule has 0 saturated heterocycles. The molecule has 0 radical (unpaired) electrons. The molecule has 1 unspecified atom stereocenters. The van der Waals surface area contributed by atoms with E-state index in [4.69, 9.17) is 9.47 Å². The molecule has 0 bridgehead atoms. The minimum atomic E-state index is 0.0587. The van der Waals surface area contributed by atoms with Crippen LogP contribution in [0.1, 0.15) is 49.4 Å². The lowest BCUT2D eigenvalue weighted by atomic mass is 10.3. The van der Waals surface area contributed by atoms with Gasteiger partial charge in [0.2, 0.25) is 0 Å². The number of hydrogen-bond acceptors (Lipinski definition) is 5. The summed E-state index contributed by atoms with van der Waals surface area (Å²) in [5.74, 6) is 0. The summed E-state index contributed by atoms with van der Waals surface area (Å²) in [5, 5.41) is 4.45. The number of ether oxygens (including phenoxy) is 2. The van der Waals surface area contributed by atoms with Crippen molar-refractivity contribution in [3.8, 4) is 0 Å². The van der Waals surface area contributed by atoms with Gasteiger partial charge in [0.05, 0.1) is 12.3 Å². The second-order valence-electron chi connectivity index (χ2n) is 4.49. The van der Waals surface area contributed by atoms with E-state index in [1.165, 1.54) is 4.88 Å². The van der Waals surface area contributed by atoms with Gasteiger partial charge in [-0.05, 0) is 13.8 Å². The van der Waals surface area contributed by atoms with Gasteiger partial charge < -0.3 is 14.8 Å². The summed E-state index contributed by atoms with van der Waals surface area (Å²) in [7, 11) is 1.70. The Morgan fingerprint density at radius 1 is 1.33 bits per heavy atom. The summed E-state index contributed by atoms with van der Waals surface area (Å²) in [6, 6.07) is 0.468. The van der Waals surface area contributed by atoms with Gasteiger partial charge in [-0.1, -0.05) is 13.8 Å². The van der Waals surface area contributed by atoms with Crippen molar-refractivity contribution in [2.24, 2.45) is 0 Å². The maximum absolute atomic E-state index is 5.59. The average Bonchev–Trinajstić information content (AvgIpc) is 2.71. The van der Waals surface area contributed by atoms with Crippen molar-refractivity contribution in [3.05, 3.63) is 15.6 Å². The monoisotopic (exact) mass is 272 g/mol. The van der Waals surface area contributed by atoms with Crippen LogP contribution in [-0.4, -0.2) is 24.7 Å². The van der Waals surface area contributed by atoms with Gasteiger partial charge >= 0.3 is 0 Å². The minimum Gasteiger partial charge on any atom is -0.378 e. The molecule has 1 heterocycles. The van der Waals surface area contributed by atoms with Crippen molar-refractivity contribution < 1.29 is 9.47 Å². The summed E-state index contributed by atoms with van der Waals surface area (Å²) in [6.45, 7) is 10.4. The van der Waals surface area contributed by atoms with Crippen LogP contribution in [-0.2, 0) is 22.6 Å². The molecule has 0 aliphatic heterocycles. The summed E-state index contributed by atoms with van der Waals surface area (Å²) in [4.78, 5) is 5.87. The average molecular weight is 272 g/mol. The van der Waals surface area contributed by atoms with Gasteiger partial charge in [-0.15, -0.1) is 11.3 Å². The fourth-order valence-corrected chi connectivity index (χ4v) is 2.60. The van der Waals surface area contributed by atoms with E-state index in [9.17, 15) is 0 Å². The molecule has 0 fully saturated rings. The summed E-state index contributed by atoms with van der Waals surface area (Å²) in [6.07, 6.45) is 0.0587. The van der Waals surface area contributed by atoms with Crippen LogP contribution in [0, 0.1) is 0 Å². The first-order valence-corrected chi connectivity index (χ1v) is 7.22. The van der Waals surface area contributed by atoms with Crippen molar-refractivity contribution in [1.29, 1.82) is 0 Å². The van der Waals surface area contributed by atoms with Crippen LogP contribution in [0.5, 0.6) is 0 Å². The Bertz CT molecular complexity index is 353. The fourth-order valence-electron chi connectivity index (χ4n) is 1.58. The Labute approximate surface area is 114 Å². The van der Waals surface area contributed by atoms with Gasteiger partial charge in [0, 0.05) is 31.2 Å². The van der Waals surface area contributed by atoms with Crippen LogP contribution in [0.4, 0.5) is 0 Å². The zero-order valence-electron chi connectivity index (χ0n) is 11.9. The highest BCUT2D eigenvalue weighted by Gasteiger charge is 2.16. The molecule has 4 nitrogen and oxygen atoms in total. The van der Waals surface area contributed by atoms with Crippen molar-refractivity contribution in [2.75, 3.05) is 13.7 Å². The van der Waals surface area contributed by atoms with Gasteiger partial charge in [-0.3, -0.25) is 0 Å². The van der Waals surface area contributed by atoms with Crippen LogP contribution in [0.25, 0.3) is 0 Å². The van der Waals surface area contributed by atoms with E-state index in [0.29, 0.717) is 19.3 Å². The zero-order chi connectivity index (χ0) is 13.5. The van der Waals surface area contributed by atoms with Gasteiger partial charge in [0.1, 0.15) is 11.1 Å². The Hall–Kier alpha value is -0.490. The molecule has 1 rings (SSSR count). The minimum absolute atomic E-state index is 0.0587.